The number of rotatable bonds is 7. The molecule has 0 spiro atoms. The fraction of sp³-hybridized carbons (Fsp3) is 0.368. The number of carbonyl (C=O) groups excluding carboxylic acids is 1. The van der Waals surface area contributed by atoms with Crippen LogP contribution in [0.25, 0.3) is 0 Å². The number of furan rings is 1. The highest BCUT2D eigenvalue weighted by atomic mass is 16.5. The second-order valence-corrected chi connectivity index (χ2v) is 5.86. The van der Waals surface area contributed by atoms with Crippen molar-refractivity contribution in [2.45, 2.75) is 19.9 Å². The Balaban J connectivity index is 1.50. The number of nitrogens with zero attached hydrogens (tertiary/aromatic N) is 2. The fourth-order valence-electron chi connectivity index (χ4n) is 2.74. The van der Waals surface area contributed by atoms with Crippen LogP contribution in [0.1, 0.15) is 19.1 Å². The van der Waals surface area contributed by atoms with Crippen LogP contribution in [0.5, 0.6) is 5.75 Å². The SMILES string of the molecule is CCNC(=NCc1ccco1)NCCCN1C(=O)COc2ccccc21. The molecule has 3 rings (SSSR count). The minimum atomic E-state index is -0.0120. The Hall–Kier alpha value is -2.96. The molecular weight excluding hydrogens is 332 g/mol. The molecule has 0 aliphatic carbocycles. The highest BCUT2D eigenvalue weighted by molar-refractivity contribution is 5.97. The van der Waals surface area contributed by atoms with E-state index in [1.54, 1.807) is 11.2 Å². The third-order valence-electron chi connectivity index (χ3n) is 3.98. The Labute approximate surface area is 153 Å². The summed E-state index contributed by atoms with van der Waals surface area (Å²) in [7, 11) is 0. The van der Waals surface area contributed by atoms with Crippen molar-refractivity contribution in [3.8, 4) is 5.75 Å². The van der Waals surface area contributed by atoms with Gasteiger partial charge in [-0.2, -0.15) is 0 Å². The molecule has 1 aliphatic rings. The van der Waals surface area contributed by atoms with E-state index in [1.807, 2.05) is 43.3 Å². The van der Waals surface area contributed by atoms with Crippen molar-refractivity contribution in [3.05, 3.63) is 48.4 Å². The van der Waals surface area contributed by atoms with Crippen LogP contribution in [0.4, 0.5) is 5.69 Å². The van der Waals surface area contributed by atoms with Gasteiger partial charge in [0.1, 0.15) is 18.1 Å². The fourth-order valence-corrected chi connectivity index (χ4v) is 2.74. The molecule has 2 heterocycles. The number of hydrogen-bond acceptors (Lipinski definition) is 4. The molecule has 138 valence electrons. The molecule has 2 aromatic rings. The zero-order valence-corrected chi connectivity index (χ0v) is 14.9. The third-order valence-corrected chi connectivity index (χ3v) is 3.98. The molecule has 1 aromatic heterocycles. The zero-order chi connectivity index (χ0) is 18.2. The lowest BCUT2D eigenvalue weighted by atomic mass is 10.2. The molecule has 1 aliphatic heterocycles. The maximum absolute atomic E-state index is 12.2. The minimum Gasteiger partial charge on any atom is -0.482 e. The number of fused-ring (bicyclic) bond motifs is 1. The Morgan fingerprint density at radius 1 is 1.23 bits per heavy atom. The van der Waals surface area contributed by atoms with Gasteiger partial charge in [0.15, 0.2) is 12.6 Å². The van der Waals surface area contributed by atoms with E-state index in [2.05, 4.69) is 15.6 Å². The van der Waals surface area contributed by atoms with E-state index in [0.29, 0.717) is 19.6 Å². The quantitative estimate of drug-likeness (QED) is 0.451. The number of nitrogens with one attached hydrogen (secondary N) is 2. The standard InChI is InChI=1S/C19H24N4O3/c1-2-20-19(22-13-15-7-5-12-25-15)21-10-6-11-23-16-8-3-4-9-17(16)26-14-18(23)24/h3-5,7-9,12H,2,6,10-11,13-14H2,1H3,(H2,20,21,22). The van der Waals surface area contributed by atoms with E-state index in [0.717, 1.165) is 36.1 Å². The molecule has 0 radical (unpaired) electrons. The van der Waals surface area contributed by atoms with Crippen LogP contribution >= 0.6 is 0 Å². The van der Waals surface area contributed by atoms with E-state index >= 15 is 0 Å². The average molecular weight is 356 g/mol. The number of aliphatic imine (C=N–C) groups is 1. The number of ether oxygens (including phenoxy) is 1. The Bertz CT molecular complexity index is 743. The number of amides is 1. The lowest BCUT2D eigenvalue weighted by Crippen LogP contribution is -2.42. The predicted molar refractivity (Wildman–Crippen MR) is 100 cm³/mol. The molecule has 0 saturated heterocycles. The van der Waals surface area contributed by atoms with Crippen LogP contribution in [0.3, 0.4) is 0 Å². The molecule has 2 N–H and O–H groups in total. The largest absolute Gasteiger partial charge is 0.482 e. The van der Waals surface area contributed by atoms with Gasteiger partial charge in [0.05, 0.1) is 12.0 Å². The normalized spacial score (nSPS) is 14.0. The summed E-state index contributed by atoms with van der Waals surface area (Å²) in [6.07, 6.45) is 2.44. The van der Waals surface area contributed by atoms with Crippen LogP contribution in [0.2, 0.25) is 0 Å². The number of guanidine groups is 1. The number of para-hydroxylation sites is 2. The molecule has 7 nitrogen and oxygen atoms in total. The van der Waals surface area contributed by atoms with Gasteiger partial charge in [-0.25, -0.2) is 4.99 Å². The van der Waals surface area contributed by atoms with Crippen molar-refractivity contribution >= 4 is 17.6 Å². The summed E-state index contributed by atoms with van der Waals surface area (Å²) in [6, 6.07) is 11.4. The molecule has 0 bridgehead atoms. The van der Waals surface area contributed by atoms with Crippen LogP contribution in [0, 0.1) is 0 Å². The van der Waals surface area contributed by atoms with Gasteiger partial charge in [-0.15, -0.1) is 0 Å². The smallest absolute Gasteiger partial charge is 0.265 e. The molecule has 0 saturated carbocycles. The second kappa shape index (κ2) is 8.94. The van der Waals surface area contributed by atoms with E-state index in [4.69, 9.17) is 9.15 Å². The Morgan fingerprint density at radius 2 is 2.12 bits per heavy atom. The van der Waals surface area contributed by atoms with Gasteiger partial charge in [-0.05, 0) is 37.6 Å². The topological polar surface area (TPSA) is 79.1 Å². The number of anilines is 1. The van der Waals surface area contributed by atoms with E-state index in [-0.39, 0.29) is 12.5 Å². The first kappa shape index (κ1) is 17.8. The maximum Gasteiger partial charge on any atom is 0.265 e. The molecule has 0 fully saturated rings. The molecule has 0 atom stereocenters. The summed E-state index contributed by atoms with van der Waals surface area (Å²) in [5.41, 5.74) is 0.835. The van der Waals surface area contributed by atoms with Gasteiger partial charge >= 0.3 is 0 Å². The van der Waals surface area contributed by atoms with Crippen molar-refractivity contribution in [1.82, 2.24) is 10.6 Å². The van der Waals surface area contributed by atoms with Gasteiger partial charge in [-0.1, -0.05) is 12.1 Å². The number of hydrogen-bond donors (Lipinski definition) is 2. The average Bonchev–Trinajstić information content (AvgIpc) is 3.18. The van der Waals surface area contributed by atoms with Crippen LogP contribution < -0.4 is 20.3 Å². The van der Waals surface area contributed by atoms with E-state index in [1.165, 1.54) is 0 Å². The molecule has 7 heteroatoms. The summed E-state index contributed by atoms with van der Waals surface area (Å²) in [6.45, 7) is 4.71. The Morgan fingerprint density at radius 3 is 2.92 bits per heavy atom. The Kier molecular flexibility index (Phi) is 6.14. The first-order chi connectivity index (χ1) is 12.8. The van der Waals surface area contributed by atoms with Gasteiger partial charge < -0.3 is 24.7 Å². The highest BCUT2D eigenvalue weighted by Gasteiger charge is 2.24. The number of benzene rings is 1. The van der Waals surface area contributed by atoms with Crippen LogP contribution in [-0.4, -0.2) is 38.1 Å². The number of carbonyl (C=O) groups is 1. The van der Waals surface area contributed by atoms with Crippen molar-refractivity contribution in [3.63, 3.8) is 0 Å². The van der Waals surface area contributed by atoms with Crippen molar-refractivity contribution < 1.29 is 13.9 Å². The maximum atomic E-state index is 12.2. The predicted octanol–water partition coefficient (Wildman–Crippen LogP) is 2.15. The van der Waals surface area contributed by atoms with Crippen LogP contribution in [0.15, 0.2) is 52.1 Å². The highest BCUT2D eigenvalue weighted by Crippen LogP contribution is 2.31. The summed E-state index contributed by atoms with van der Waals surface area (Å²) >= 11 is 0. The van der Waals surface area contributed by atoms with Crippen molar-refractivity contribution in [1.29, 1.82) is 0 Å². The summed E-state index contributed by atoms with van der Waals surface area (Å²) in [5.74, 6) is 2.30. The molecule has 0 unspecified atom stereocenters. The summed E-state index contributed by atoms with van der Waals surface area (Å²) in [5, 5.41) is 6.49. The van der Waals surface area contributed by atoms with E-state index in [9.17, 15) is 4.79 Å². The zero-order valence-electron chi connectivity index (χ0n) is 14.9. The first-order valence-corrected chi connectivity index (χ1v) is 8.84. The van der Waals surface area contributed by atoms with E-state index < -0.39 is 0 Å². The van der Waals surface area contributed by atoms with Gasteiger partial charge in [0.2, 0.25) is 0 Å². The lowest BCUT2D eigenvalue weighted by Gasteiger charge is -2.29. The molecular formula is C19H24N4O3. The first-order valence-electron chi connectivity index (χ1n) is 8.84. The van der Waals surface area contributed by atoms with Crippen molar-refractivity contribution in [2.24, 2.45) is 4.99 Å². The second-order valence-electron chi connectivity index (χ2n) is 5.86. The van der Waals surface area contributed by atoms with Gasteiger partial charge in [0.25, 0.3) is 5.91 Å². The van der Waals surface area contributed by atoms with Crippen LogP contribution in [-0.2, 0) is 11.3 Å². The summed E-state index contributed by atoms with van der Waals surface area (Å²) < 4.78 is 10.8. The lowest BCUT2D eigenvalue weighted by molar-refractivity contribution is -0.121. The van der Waals surface area contributed by atoms with Gasteiger partial charge in [-0.3, -0.25) is 4.79 Å². The summed E-state index contributed by atoms with van der Waals surface area (Å²) in [4.78, 5) is 18.4. The van der Waals surface area contributed by atoms with Gasteiger partial charge in [0, 0.05) is 19.6 Å². The minimum absolute atomic E-state index is 0.0120. The monoisotopic (exact) mass is 356 g/mol. The molecule has 1 amide bonds. The molecule has 1 aromatic carbocycles. The molecule has 26 heavy (non-hydrogen) atoms. The van der Waals surface area contributed by atoms with Crippen molar-refractivity contribution in [2.75, 3.05) is 31.1 Å². The third kappa shape index (κ3) is 4.56.